The summed E-state index contributed by atoms with van der Waals surface area (Å²) < 4.78 is 1.71. The molecule has 0 radical (unpaired) electrons. The van der Waals surface area contributed by atoms with E-state index in [1.165, 1.54) is 17.2 Å². The molecular weight excluding hydrogens is 366 g/mol. The third-order valence-corrected chi connectivity index (χ3v) is 6.20. The third-order valence-electron chi connectivity index (χ3n) is 6.20. The molecule has 1 unspecified atom stereocenters. The Bertz CT molecular complexity index is 964. The van der Waals surface area contributed by atoms with Gasteiger partial charge in [0.1, 0.15) is 11.4 Å². The van der Waals surface area contributed by atoms with Gasteiger partial charge in [-0.25, -0.2) is 4.68 Å². The molecule has 0 bridgehead atoms. The van der Waals surface area contributed by atoms with Gasteiger partial charge in [0, 0.05) is 25.6 Å². The number of nitrogen functional groups attached to an aromatic ring is 1. The van der Waals surface area contributed by atoms with E-state index in [0.717, 1.165) is 25.7 Å². The molecule has 7 heteroatoms. The van der Waals surface area contributed by atoms with Crippen LogP contribution in [0.25, 0.3) is 0 Å². The van der Waals surface area contributed by atoms with Gasteiger partial charge in [0.15, 0.2) is 0 Å². The number of likely N-dealkylation sites (tertiary alicyclic amines) is 1. The molecule has 1 aliphatic carbocycles. The molecule has 1 fully saturated rings. The number of fused-ring (bicyclic) bond motifs is 1. The van der Waals surface area contributed by atoms with Gasteiger partial charge in [0.25, 0.3) is 5.91 Å². The van der Waals surface area contributed by atoms with Crippen LogP contribution in [0.3, 0.4) is 0 Å². The van der Waals surface area contributed by atoms with Crippen LogP contribution in [0.2, 0.25) is 0 Å². The Morgan fingerprint density at radius 3 is 2.72 bits per heavy atom. The molecule has 0 saturated carbocycles. The molecule has 1 aromatic heterocycles. The lowest BCUT2D eigenvalue weighted by Crippen LogP contribution is -2.27. The first-order valence-corrected chi connectivity index (χ1v) is 10.1. The van der Waals surface area contributed by atoms with Crippen molar-refractivity contribution in [2.24, 2.45) is 11.7 Å². The Kier molecular flexibility index (Phi) is 5.13. The summed E-state index contributed by atoms with van der Waals surface area (Å²) in [6.07, 6.45) is 4.91. The number of nitrogens with two attached hydrogens (primary N) is 2. The zero-order valence-electron chi connectivity index (χ0n) is 16.5. The van der Waals surface area contributed by atoms with E-state index < -0.39 is 5.91 Å². The predicted molar refractivity (Wildman–Crippen MR) is 111 cm³/mol. The van der Waals surface area contributed by atoms with E-state index in [1.807, 2.05) is 6.07 Å². The van der Waals surface area contributed by atoms with Crippen LogP contribution in [0.4, 0.5) is 5.82 Å². The van der Waals surface area contributed by atoms with Gasteiger partial charge in [-0.3, -0.25) is 9.59 Å². The third kappa shape index (κ3) is 3.64. The zero-order chi connectivity index (χ0) is 20.5. The van der Waals surface area contributed by atoms with Gasteiger partial charge in [0.05, 0.1) is 5.69 Å². The number of aromatic nitrogens is 2. The summed E-state index contributed by atoms with van der Waals surface area (Å²) in [7, 11) is 0. The van der Waals surface area contributed by atoms with Crippen molar-refractivity contribution in [3.63, 3.8) is 0 Å². The quantitative estimate of drug-likeness (QED) is 0.756. The van der Waals surface area contributed by atoms with Crippen molar-refractivity contribution in [2.45, 2.75) is 38.1 Å². The van der Waals surface area contributed by atoms with Crippen LogP contribution in [0.5, 0.6) is 0 Å². The minimum atomic E-state index is -0.530. The highest BCUT2D eigenvalue weighted by Gasteiger charge is 2.31. The first-order valence-electron chi connectivity index (χ1n) is 10.1. The fraction of sp³-hybridized carbons (Fsp3) is 0.409. The number of carbonyl (C=O) groups excluding carboxylic acids is 2. The van der Waals surface area contributed by atoms with Crippen LogP contribution in [-0.2, 0) is 24.2 Å². The fourth-order valence-corrected chi connectivity index (χ4v) is 4.66. The number of hydrogen-bond acceptors (Lipinski definition) is 4. The lowest BCUT2D eigenvalue weighted by molar-refractivity contribution is -0.125. The van der Waals surface area contributed by atoms with Crippen LogP contribution in [-0.4, -0.2) is 39.6 Å². The van der Waals surface area contributed by atoms with Gasteiger partial charge in [-0.2, -0.15) is 5.10 Å². The lowest BCUT2D eigenvalue weighted by Gasteiger charge is -2.23. The van der Waals surface area contributed by atoms with Crippen LogP contribution in [0.1, 0.15) is 45.9 Å². The molecule has 2 amide bonds. The average Bonchev–Trinajstić information content (AvgIpc) is 3.32. The molecule has 1 aromatic carbocycles. The molecule has 1 aliphatic heterocycles. The Labute approximate surface area is 170 Å². The number of rotatable bonds is 5. The largest absolute Gasteiger partial charge is 0.383 e. The maximum Gasteiger partial charge on any atom is 0.254 e. The summed E-state index contributed by atoms with van der Waals surface area (Å²) >= 11 is 0. The first kappa shape index (κ1) is 19.2. The second-order valence-corrected chi connectivity index (χ2v) is 8.04. The maximum atomic E-state index is 12.2. The van der Waals surface area contributed by atoms with E-state index in [2.05, 4.69) is 24.8 Å². The molecule has 4 N–H and O–H groups in total. The van der Waals surface area contributed by atoms with Crippen LogP contribution < -0.4 is 11.5 Å². The van der Waals surface area contributed by atoms with Crippen LogP contribution in [0, 0.1) is 5.92 Å². The number of primary amides is 1. The Morgan fingerprint density at radius 2 is 2.00 bits per heavy atom. The van der Waals surface area contributed by atoms with Gasteiger partial charge >= 0.3 is 0 Å². The van der Waals surface area contributed by atoms with Crippen LogP contribution in [0.15, 0.2) is 36.9 Å². The molecule has 2 heterocycles. The van der Waals surface area contributed by atoms with Gasteiger partial charge in [0.2, 0.25) is 5.91 Å². The van der Waals surface area contributed by atoms with Crippen molar-refractivity contribution in [3.05, 3.63) is 59.3 Å². The maximum absolute atomic E-state index is 12.2. The highest BCUT2D eigenvalue weighted by Crippen LogP contribution is 2.35. The number of benzene rings is 1. The van der Waals surface area contributed by atoms with Crippen molar-refractivity contribution in [1.82, 2.24) is 14.7 Å². The summed E-state index contributed by atoms with van der Waals surface area (Å²) in [6, 6.07) is 8.39. The van der Waals surface area contributed by atoms with E-state index in [9.17, 15) is 9.59 Å². The van der Waals surface area contributed by atoms with Gasteiger partial charge in [-0.05, 0) is 48.8 Å². The second-order valence-electron chi connectivity index (χ2n) is 8.04. The summed E-state index contributed by atoms with van der Waals surface area (Å²) in [5, 5.41) is 4.75. The standard InChI is InChI=1S/C22H27N5O2/c1-2-18(28)26-10-9-14(12-26)13-27-21(23)19(22(24)29)20(25-27)17-8-7-15-5-3-4-6-16(15)11-17/h2-6,14,17H,1,7-13,23H2,(H2,24,29)/t14-,17?/m1/s1. The van der Waals surface area contributed by atoms with E-state index in [-0.39, 0.29) is 17.7 Å². The second kappa shape index (κ2) is 7.73. The Balaban J connectivity index is 1.57. The Morgan fingerprint density at radius 1 is 1.24 bits per heavy atom. The molecule has 4 rings (SSSR count). The van der Waals surface area contributed by atoms with E-state index >= 15 is 0 Å². The molecule has 7 nitrogen and oxygen atoms in total. The van der Waals surface area contributed by atoms with Crippen molar-refractivity contribution >= 4 is 17.6 Å². The molecule has 2 atom stereocenters. The minimum Gasteiger partial charge on any atom is -0.383 e. The summed E-state index contributed by atoms with van der Waals surface area (Å²) in [4.78, 5) is 25.8. The predicted octanol–water partition coefficient (Wildman–Crippen LogP) is 1.87. The normalized spacial score (nSPS) is 21.0. The highest BCUT2D eigenvalue weighted by atomic mass is 16.2. The SMILES string of the molecule is C=CC(=O)N1CC[C@@H](Cn2nc(C3CCc4ccccc4C3)c(C(N)=O)c2N)C1. The van der Waals surface area contributed by atoms with Crippen molar-refractivity contribution < 1.29 is 9.59 Å². The minimum absolute atomic E-state index is 0.0553. The number of anilines is 1. The van der Waals surface area contributed by atoms with Crippen LogP contribution >= 0.6 is 0 Å². The topological polar surface area (TPSA) is 107 Å². The highest BCUT2D eigenvalue weighted by molar-refractivity contribution is 5.98. The molecule has 29 heavy (non-hydrogen) atoms. The first-order chi connectivity index (χ1) is 14.0. The molecule has 152 valence electrons. The molecule has 2 aromatic rings. The number of amides is 2. The van der Waals surface area contributed by atoms with Crippen molar-refractivity contribution in [1.29, 1.82) is 0 Å². The number of hydrogen-bond donors (Lipinski definition) is 2. The smallest absolute Gasteiger partial charge is 0.254 e. The fourth-order valence-electron chi connectivity index (χ4n) is 4.66. The van der Waals surface area contributed by atoms with Gasteiger partial charge < -0.3 is 16.4 Å². The summed E-state index contributed by atoms with van der Waals surface area (Å²) in [6.45, 7) is 5.46. The van der Waals surface area contributed by atoms with E-state index in [4.69, 9.17) is 16.6 Å². The number of aryl methyl sites for hydroxylation is 1. The molecule has 0 spiro atoms. The summed E-state index contributed by atoms with van der Waals surface area (Å²) in [5.41, 5.74) is 15.7. The van der Waals surface area contributed by atoms with E-state index in [1.54, 1.807) is 9.58 Å². The monoisotopic (exact) mass is 393 g/mol. The average molecular weight is 393 g/mol. The Hall–Kier alpha value is -3.09. The molecule has 2 aliphatic rings. The molecule has 1 saturated heterocycles. The lowest BCUT2D eigenvalue weighted by atomic mass is 9.81. The number of nitrogens with zero attached hydrogens (tertiary/aromatic N) is 3. The van der Waals surface area contributed by atoms with Crippen molar-refractivity contribution in [3.8, 4) is 0 Å². The number of carbonyl (C=O) groups is 2. The molecular formula is C22H27N5O2. The van der Waals surface area contributed by atoms with Gasteiger partial charge in [-0.15, -0.1) is 0 Å². The summed E-state index contributed by atoms with van der Waals surface area (Å²) in [5.74, 6) is 0.109. The van der Waals surface area contributed by atoms with E-state index in [0.29, 0.717) is 36.7 Å². The van der Waals surface area contributed by atoms with Gasteiger partial charge in [-0.1, -0.05) is 30.8 Å². The zero-order valence-corrected chi connectivity index (χ0v) is 16.5. The van der Waals surface area contributed by atoms with Crippen molar-refractivity contribution in [2.75, 3.05) is 18.8 Å².